The molecule has 0 amide bonds. The van der Waals surface area contributed by atoms with Crippen LogP contribution >= 0.6 is 0 Å². The number of carbonyl (C=O) groups is 1. The van der Waals surface area contributed by atoms with Gasteiger partial charge in [0.1, 0.15) is 5.78 Å². The first kappa shape index (κ1) is 6.75. The predicted octanol–water partition coefficient (Wildman–Crippen LogP) is 0.737. The summed E-state index contributed by atoms with van der Waals surface area (Å²) in [5, 5.41) is 2.62. The highest BCUT2D eigenvalue weighted by Gasteiger charge is 2.23. The lowest BCUT2D eigenvalue weighted by Gasteiger charge is -2.23. The molecule has 51 valence electrons. The SMILES string of the molecule is [CH2]NCC(=O)C1CCC1. The lowest BCUT2D eigenvalue weighted by Crippen LogP contribution is -2.29. The Morgan fingerprint density at radius 3 is 2.67 bits per heavy atom. The number of ketones is 1. The van der Waals surface area contributed by atoms with E-state index in [0.29, 0.717) is 18.2 Å². The molecule has 1 rings (SSSR count). The summed E-state index contributed by atoms with van der Waals surface area (Å²) in [6.45, 7) is 0.449. The van der Waals surface area contributed by atoms with Crippen LogP contribution in [0.1, 0.15) is 19.3 Å². The standard InChI is InChI=1S/C7H12NO/c1-8-5-7(9)6-3-2-4-6/h6,8H,1-5H2. The zero-order chi connectivity index (χ0) is 6.69. The maximum atomic E-state index is 10.9. The van der Waals surface area contributed by atoms with E-state index in [0.717, 1.165) is 12.8 Å². The van der Waals surface area contributed by atoms with Crippen LogP contribution in [0.15, 0.2) is 0 Å². The van der Waals surface area contributed by atoms with Gasteiger partial charge in [-0.3, -0.25) is 4.79 Å². The van der Waals surface area contributed by atoms with Crippen molar-refractivity contribution in [2.75, 3.05) is 6.54 Å². The highest BCUT2D eigenvalue weighted by molar-refractivity contribution is 5.83. The van der Waals surface area contributed by atoms with E-state index < -0.39 is 0 Å². The molecule has 1 aliphatic rings. The molecule has 0 spiro atoms. The maximum absolute atomic E-state index is 10.9. The fourth-order valence-corrected chi connectivity index (χ4v) is 0.998. The van der Waals surface area contributed by atoms with E-state index in [1.165, 1.54) is 6.42 Å². The van der Waals surface area contributed by atoms with Gasteiger partial charge in [0.25, 0.3) is 0 Å². The fourth-order valence-electron chi connectivity index (χ4n) is 0.998. The molecule has 0 saturated heterocycles. The summed E-state index contributed by atoms with van der Waals surface area (Å²) in [5.41, 5.74) is 0. The summed E-state index contributed by atoms with van der Waals surface area (Å²) < 4.78 is 0. The van der Waals surface area contributed by atoms with Crippen LogP contribution in [-0.4, -0.2) is 12.3 Å². The quantitative estimate of drug-likeness (QED) is 0.604. The van der Waals surface area contributed by atoms with Crippen molar-refractivity contribution in [1.82, 2.24) is 5.32 Å². The third-order valence-electron chi connectivity index (χ3n) is 1.86. The van der Waals surface area contributed by atoms with E-state index in [1.54, 1.807) is 0 Å². The van der Waals surface area contributed by atoms with Crippen LogP contribution in [0, 0.1) is 13.0 Å². The van der Waals surface area contributed by atoms with Crippen LogP contribution in [0.2, 0.25) is 0 Å². The molecule has 1 aliphatic carbocycles. The van der Waals surface area contributed by atoms with Crippen LogP contribution in [0.4, 0.5) is 0 Å². The van der Waals surface area contributed by atoms with Gasteiger partial charge in [0.2, 0.25) is 0 Å². The molecule has 0 bridgehead atoms. The Morgan fingerprint density at radius 1 is 1.67 bits per heavy atom. The Morgan fingerprint density at radius 2 is 2.33 bits per heavy atom. The largest absolute Gasteiger partial charge is 0.309 e. The summed E-state index contributed by atoms with van der Waals surface area (Å²) >= 11 is 0. The van der Waals surface area contributed by atoms with Crippen LogP contribution in [0.5, 0.6) is 0 Å². The van der Waals surface area contributed by atoms with E-state index in [2.05, 4.69) is 12.4 Å². The predicted molar refractivity (Wildman–Crippen MR) is 35.7 cm³/mol. The second-order valence-electron chi connectivity index (χ2n) is 2.52. The molecule has 2 nitrogen and oxygen atoms in total. The molecule has 1 N–H and O–H groups in total. The van der Waals surface area contributed by atoms with E-state index in [9.17, 15) is 4.79 Å². The third kappa shape index (κ3) is 1.52. The molecule has 0 aromatic carbocycles. The number of Topliss-reactive ketones (excluding diaryl/α,β-unsaturated/α-hetero) is 1. The van der Waals surface area contributed by atoms with Crippen molar-refractivity contribution in [3.63, 3.8) is 0 Å². The van der Waals surface area contributed by atoms with Gasteiger partial charge in [-0.05, 0) is 12.8 Å². The Balaban J connectivity index is 2.16. The fraction of sp³-hybridized carbons (Fsp3) is 0.714. The summed E-state index contributed by atoms with van der Waals surface area (Å²) in [7, 11) is 3.40. The van der Waals surface area contributed by atoms with E-state index >= 15 is 0 Å². The number of rotatable bonds is 3. The smallest absolute Gasteiger partial charge is 0.149 e. The minimum Gasteiger partial charge on any atom is -0.309 e. The molecule has 0 unspecified atom stereocenters. The third-order valence-corrected chi connectivity index (χ3v) is 1.86. The lowest BCUT2D eigenvalue weighted by atomic mass is 9.82. The Hall–Kier alpha value is -0.370. The topological polar surface area (TPSA) is 29.1 Å². The number of nitrogens with one attached hydrogen (secondary N) is 1. The van der Waals surface area contributed by atoms with Crippen molar-refractivity contribution in [1.29, 1.82) is 0 Å². The van der Waals surface area contributed by atoms with Gasteiger partial charge in [-0.2, -0.15) is 0 Å². The van der Waals surface area contributed by atoms with Crippen LogP contribution < -0.4 is 5.32 Å². The number of carbonyl (C=O) groups excluding carboxylic acids is 1. The van der Waals surface area contributed by atoms with Crippen molar-refractivity contribution in [2.45, 2.75) is 19.3 Å². The Bertz CT molecular complexity index is 107. The summed E-state index contributed by atoms with van der Waals surface area (Å²) in [6.07, 6.45) is 3.43. The zero-order valence-electron chi connectivity index (χ0n) is 5.52. The molecule has 1 saturated carbocycles. The second kappa shape index (κ2) is 2.97. The van der Waals surface area contributed by atoms with Gasteiger partial charge in [0.05, 0.1) is 6.54 Å². The van der Waals surface area contributed by atoms with Gasteiger partial charge in [0.15, 0.2) is 0 Å². The average Bonchev–Trinajstić information content (AvgIpc) is 1.60. The van der Waals surface area contributed by atoms with E-state index in [4.69, 9.17) is 0 Å². The maximum Gasteiger partial charge on any atom is 0.149 e. The number of hydrogen-bond donors (Lipinski definition) is 1. The molecule has 0 aromatic rings. The molecule has 1 fully saturated rings. The highest BCUT2D eigenvalue weighted by atomic mass is 16.1. The molecule has 0 heterocycles. The molecule has 0 aromatic heterocycles. The zero-order valence-corrected chi connectivity index (χ0v) is 5.52. The van der Waals surface area contributed by atoms with Gasteiger partial charge >= 0.3 is 0 Å². The van der Waals surface area contributed by atoms with Crippen molar-refractivity contribution in [3.8, 4) is 0 Å². The molecule has 9 heavy (non-hydrogen) atoms. The minimum absolute atomic E-state index is 0.330. The Labute approximate surface area is 55.6 Å². The highest BCUT2D eigenvalue weighted by Crippen LogP contribution is 2.26. The van der Waals surface area contributed by atoms with Crippen molar-refractivity contribution >= 4 is 5.78 Å². The van der Waals surface area contributed by atoms with Crippen LogP contribution in [0.3, 0.4) is 0 Å². The van der Waals surface area contributed by atoms with E-state index in [1.807, 2.05) is 0 Å². The summed E-state index contributed by atoms with van der Waals surface area (Å²) in [4.78, 5) is 10.9. The van der Waals surface area contributed by atoms with Gasteiger partial charge < -0.3 is 5.32 Å². The molecule has 2 heteroatoms. The molecule has 1 radical (unpaired) electrons. The summed E-state index contributed by atoms with van der Waals surface area (Å²) in [6, 6.07) is 0. The van der Waals surface area contributed by atoms with Crippen molar-refractivity contribution in [2.24, 2.45) is 5.92 Å². The van der Waals surface area contributed by atoms with Gasteiger partial charge in [0, 0.05) is 13.0 Å². The van der Waals surface area contributed by atoms with Gasteiger partial charge in [-0.15, -0.1) is 0 Å². The first-order valence-corrected chi connectivity index (χ1v) is 3.37. The van der Waals surface area contributed by atoms with Crippen molar-refractivity contribution in [3.05, 3.63) is 7.05 Å². The normalized spacial score (nSPS) is 19.2. The monoisotopic (exact) mass is 126 g/mol. The summed E-state index contributed by atoms with van der Waals surface area (Å²) in [5.74, 6) is 0.690. The van der Waals surface area contributed by atoms with Crippen LogP contribution in [-0.2, 0) is 4.79 Å². The molecule has 0 atom stereocenters. The van der Waals surface area contributed by atoms with E-state index in [-0.39, 0.29) is 0 Å². The number of hydrogen-bond acceptors (Lipinski definition) is 2. The first-order valence-electron chi connectivity index (χ1n) is 3.37. The Kier molecular flexibility index (Phi) is 2.22. The molecular formula is C7H12NO. The van der Waals surface area contributed by atoms with Crippen LogP contribution in [0.25, 0.3) is 0 Å². The lowest BCUT2D eigenvalue weighted by molar-refractivity contribution is -0.124. The molecule has 0 aliphatic heterocycles. The second-order valence-corrected chi connectivity index (χ2v) is 2.52. The average molecular weight is 126 g/mol. The minimum atomic E-state index is 0.330. The van der Waals surface area contributed by atoms with Gasteiger partial charge in [-0.1, -0.05) is 6.42 Å². The molecular weight excluding hydrogens is 114 g/mol. The van der Waals surface area contributed by atoms with Crippen molar-refractivity contribution < 1.29 is 4.79 Å². The van der Waals surface area contributed by atoms with Gasteiger partial charge in [-0.25, -0.2) is 0 Å². The first-order chi connectivity index (χ1) is 4.34.